The Morgan fingerprint density at radius 3 is 2.40 bits per heavy atom. The number of benzene rings is 3. The number of pyridine rings is 1. The average molecular weight is 589 g/mol. The van der Waals surface area contributed by atoms with Crippen LogP contribution in [0.4, 0.5) is 18.9 Å². The van der Waals surface area contributed by atoms with Crippen LogP contribution < -0.4 is 9.64 Å². The summed E-state index contributed by atoms with van der Waals surface area (Å²) >= 11 is 1.34. The first-order chi connectivity index (χ1) is 20.1. The van der Waals surface area contributed by atoms with Gasteiger partial charge in [-0.2, -0.15) is 10.2 Å². The second-order valence-electron chi connectivity index (χ2n) is 9.69. The third-order valence-corrected chi connectivity index (χ3v) is 7.73. The highest BCUT2D eigenvalue weighted by atomic mass is 32.2. The topological polar surface area (TPSA) is 85.0 Å². The lowest BCUT2D eigenvalue weighted by Gasteiger charge is -2.20. The van der Waals surface area contributed by atoms with Crippen LogP contribution in [0.5, 0.6) is 5.75 Å². The zero-order valence-corrected chi connectivity index (χ0v) is 23.5. The Morgan fingerprint density at radius 1 is 0.976 bits per heavy atom. The Morgan fingerprint density at radius 2 is 1.69 bits per heavy atom. The molecule has 212 valence electrons. The fourth-order valence-electron chi connectivity index (χ4n) is 5.06. The molecule has 3 aromatic carbocycles. The van der Waals surface area contributed by atoms with Crippen molar-refractivity contribution < 1.29 is 22.7 Å². The zero-order valence-electron chi connectivity index (χ0n) is 22.7. The number of hydrogen-bond acceptors (Lipinski definition) is 7. The Labute approximate surface area is 242 Å². The van der Waals surface area contributed by atoms with Crippen LogP contribution in [0.25, 0.3) is 33.1 Å². The van der Waals surface area contributed by atoms with Crippen molar-refractivity contribution in [3.63, 3.8) is 0 Å². The molecule has 1 fully saturated rings. The second kappa shape index (κ2) is 10.6. The number of aromatic nitrogens is 3. The van der Waals surface area contributed by atoms with Crippen molar-refractivity contribution >= 4 is 56.5 Å². The number of halogens is 3. The quantitative estimate of drug-likeness (QED) is 0.167. The minimum absolute atomic E-state index is 0.0421. The summed E-state index contributed by atoms with van der Waals surface area (Å²) in [5, 5.41) is 15.4. The molecule has 0 radical (unpaired) electrons. The van der Waals surface area contributed by atoms with Crippen molar-refractivity contribution in [1.29, 1.82) is 0 Å². The van der Waals surface area contributed by atoms with E-state index in [0.717, 1.165) is 33.3 Å². The van der Waals surface area contributed by atoms with E-state index in [9.17, 15) is 18.0 Å². The molecule has 1 aliphatic rings. The normalized spacial score (nSPS) is 15.1. The van der Waals surface area contributed by atoms with Crippen molar-refractivity contribution in [2.75, 3.05) is 10.7 Å². The molecule has 0 unspecified atom stereocenters. The molecule has 3 heterocycles. The number of amidine groups is 1. The third kappa shape index (κ3) is 5.20. The lowest BCUT2D eigenvalue weighted by Crippen LogP contribution is -2.30. The highest BCUT2D eigenvalue weighted by molar-refractivity contribution is 8.15. The first kappa shape index (κ1) is 27.5. The van der Waals surface area contributed by atoms with E-state index in [-0.39, 0.29) is 11.7 Å². The van der Waals surface area contributed by atoms with Crippen molar-refractivity contribution in [2.24, 2.45) is 17.3 Å². The highest BCUT2D eigenvalue weighted by Crippen LogP contribution is 2.34. The Hall–Kier alpha value is -4.71. The molecule has 2 aromatic heterocycles. The van der Waals surface area contributed by atoms with E-state index in [2.05, 4.69) is 25.0 Å². The van der Waals surface area contributed by atoms with Gasteiger partial charge in [0.25, 0.3) is 0 Å². The Bertz CT molecular complexity index is 1890. The number of fused-ring (bicyclic) bond motifs is 3. The highest BCUT2D eigenvalue weighted by Gasteiger charge is 2.32. The molecular weight excluding hydrogens is 565 g/mol. The smallest absolute Gasteiger partial charge is 0.406 e. The van der Waals surface area contributed by atoms with Gasteiger partial charge in [0.2, 0.25) is 5.91 Å². The fraction of sp³-hybridized carbons (Fsp3) is 0.167. The molecule has 0 aliphatic carbocycles. The summed E-state index contributed by atoms with van der Waals surface area (Å²) in [6.45, 7) is 3.92. The number of thioether (sulfide) groups is 1. The van der Waals surface area contributed by atoms with Gasteiger partial charge in [-0.05, 0) is 73.5 Å². The molecule has 8 nitrogen and oxygen atoms in total. The number of ether oxygens (including phenoxy) is 1. The number of hydrogen-bond donors (Lipinski definition) is 0. The van der Waals surface area contributed by atoms with E-state index in [1.807, 2.05) is 50.2 Å². The molecule has 1 aliphatic heterocycles. The molecule has 42 heavy (non-hydrogen) atoms. The van der Waals surface area contributed by atoms with Crippen molar-refractivity contribution in [3.8, 4) is 17.0 Å². The summed E-state index contributed by atoms with van der Waals surface area (Å²) in [6, 6.07) is 19.0. The standard InChI is InChI=1S/C30H23F3N6O2S/c1-17-5-4-6-18(2)27(17)39-25(40)16-42-29(39)36-34-15-20-9-12-22-24(35-20)14-13-23-26(22)37-38(3)28(23)19-7-10-21(11-8-19)41-30(31,32)33/h4-15H,16H2,1-3H3/b34-15+,36-29-. The van der Waals surface area contributed by atoms with Crippen LogP contribution >= 0.6 is 11.8 Å². The van der Waals surface area contributed by atoms with Gasteiger partial charge in [-0.25, -0.2) is 4.98 Å². The summed E-state index contributed by atoms with van der Waals surface area (Å²) in [5.41, 5.74) is 6.23. The minimum Gasteiger partial charge on any atom is -0.406 e. The van der Waals surface area contributed by atoms with E-state index in [1.165, 1.54) is 30.1 Å². The number of nitrogens with zero attached hydrogens (tertiary/aromatic N) is 6. The van der Waals surface area contributed by atoms with Gasteiger partial charge in [-0.15, -0.1) is 18.3 Å². The van der Waals surface area contributed by atoms with Crippen LogP contribution in [0.3, 0.4) is 0 Å². The number of alkyl halides is 3. The van der Waals surface area contributed by atoms with Gasteiger partial charge in [-0.3, -0.25) is 14.4 Å². The van der Waals surface area contributed by atoms with E-state index in [1.54, 1.807) is 34.8 Å². The predicted molar refractivity (Wildman–Crippen MR) is 159 cm³/mol. The van der Waals surface area contributed by atoms with Crippen LogP contribution in [0, 0.1) is 13.8 Å². The van der Waals surface area contributed by atoms with Crippen molar-refractivity contribution in [1.82, 2.24) is 14.8 Å². The van der Waals surface area contributed by atoms with E-state index < -0.39 is 6.36 Å². The van der Waals surface area contributed by atoms with Gasteiger partial charge in [0, 0.05) is 23.4 Å². The summed E-state index contributed by atoms with van der Waals surface area (Å²) < 4.78 is 43.3. The maximum Gasteiger partial charge on any atom is 0.573 e. The first-order valence-electron chi connectivity index (χ1n) is 12.8. The molecule has 0 atom stereocenters. The zero-order chi connectivity index (χ0) is 29.6. The minimum atomic E-state index is -4.75. The lowest BCUT2D eigenvalue weighted by molar-refractivity contribution is -0.274. The average Bonchev–Trinajstić information content (AvgIpc) is 3.47. The number of rotatable bonds is 5. The maximum absolute atomic E-state index is 12.7. The van der Waals surface area contributed by atoms with Gasteiger partial charge in [-0.1, -0.05) is 30.0 Å². The van der Waals surface area contributed by atoms with Gasteiger partial charge in [0.05, 0.1) is 34.6 Å². The molecular formula is C30H23F3N6O2S. The molecule has 6 rings (SSSR count). The number of anilines is 1. The van der Waals surface area contributed by atoms with Gasteiger partial charge >= 0.3 is 6.36 Å². The molecule has 1 saturated heterocycles. The largest absolute Gasteiger partial charge is 0.573 e. The van der Waals surface area contributed by atoms with Crippen LogP contribution in [-0.4, -0.2) is 44.2 Å². The molecule has 0 spiro atoms. The number of amides is 1. The number of para-hydroxylation sites is 1. The molecule has 1 amide bonds. The van der Waals surface area contributed by atoms with Crippen LogP contribution in [0.1, 0.15) is 16.8 Å². The van der Waals surface area contributed by atoms with Crippen LogP contribution in [0.2, 0.25) is 0 Å². The predicted octanol–water partition coefficient (Wildman–Crippen LogP) is 6.77. The van der Waals surface area contributed by atoms with Gasteiger partial charge in [0.15, 0.2) is 5.17 Å². The SMILES string of the molecule is Cc1cccc(C)c1N1C(=O)CS/C1=N\N=C\c1ccc2c(ccc3c(-c4ccc(OC(F)(F)F)cc4)n(C)nc32)n1. The summed E-state index contributed by atoms with van der Waals surface area (Å²) in [4.78, 5) is 19.0. The first-order valence-corrected chi connectivity index (χ1v) is 13.8. The number of aryl methyl sites for hydroxylation is 3. The molecule has 5 aromatic rings. The summed E-state index contributed by atoms with van der Waals surface area (Å²) in [5.74, 6) is -0.0356. The Balaban J connectivity index is 1.28. The lowest BCUT2D eigenvalue weighted by atomic mass is 10.0. The second-order valence-corrected chi connectivity index (χ2v) is 10.6. The van der Waals surface area contributed by atoms with E-state index in [0.29, 0.717) is 33.2 Å². The number of carbonyl (C=O) groups is 1. The van der Waals surface area contributed by atoms with Gasteiger partial charge in [0.1, 0.15) is 11.3 Å². The Kier molecular flexibility index (Phi) is 6.93. The number of carbonyl (C=O) groups excluding carboxylic acids is 1. The summed E-state index contributed by atoms with van der Waals surface area (Å²) in [7, 11) is 1.78. The monoisotopic (exact) mass is 588 g/mol. The van der Waals surface area contributed by atoms with Crippen LogP contribution in [0.15, 0.2) is 76.9 Å². The maximum atomic E-state index is 12.7. The van der Waals surface area contributed by atoms with Crippen molar-refractivity contribution in [3.05, 3.63) is 83.6 Å². The molecule has 0 saturated carbocycles. The van der Waals surface area contributed by atoms with E-state index in [4.69, 9.17) is 0 Å². The van der Waals surface area contributed by atoms with Crippen molar-refractivity contribution in [2.45, 2.75) is 20.2 Å². The molecule has 0 N–H and O–H groups in total. The third-order valence-electron chi connectivity index (χ3n) is 6.82. The van der Waals surface area contributed by atoms with Gasteiger partial charge < -0.3 is 4.74 Å². The van der Waals surface area contributed by atoms with Crippen LogP contribution in [-0.2, 0) is 11.8 Å². The molecule has 12 heteroatoms. The fourth-order valence-corrected chi connectivity index (χ4v) is 5.87. The molecule has 0 bridgehead atoms. The van der Waals surface area contributed by atoms with E-state index >= 15 is 0 Å². The summed E-state index contributed by atoms with van der Waals surface area (Å²) in [6.07, 6.45) is -3.21.